The van der Waals surface area contributed by atoms with Crippen LogP contribution >= 0.6 is 0 Å². The van der Waals surface area contributed by atoms with Crippen LogP contribution in [-0.2, 0) is 14.9 Å². The lowest BCUT2D eigenvalue weighted by molar-refractivity contribution is 0.487. The minimum absolute atomic E-state index is 0. The molecule has 0 atom stereocenters. The lowest BCUT2D eigenvalue weighted by Crippen LogP contribution is -1.94. The first-order chi connectivity index (χ1) is 2.56. The van der Waals surface area contributed by atoms with E-state index in [1.807, 2.05) is 0 Å². The van der Waals surface area contributed by atoms with Gasteiger partial charge in [0.15, 0.2) is 0 Å². The van der Waals surface area contributed by atoms with Crippen molar-refractivity contribution in [2.75, 3.05) is 0 Å². The van der Waals surface area contributed by atoms with Gasteiger partial charge in [0.05, 0.1) is 0 Å². The van der Waals surface area contributed by atoms with Crippen molar-refractivity contribution in [1.82, 2.24) is 0 Å². The number of carbonyl (C=O) groups is 1. The smallest absolute Gasteiger partial charge is 0.325 e. The molecule has 60 valence electrons. The number of hydrogen-bond acceptors (Lipinski definition) is 3. The van der Waals surface area contributed by atoms with Crippen molar-refractivity contribution in [1.29, 1.82) is 0 Å². The summed E-state index contributed by atoms with van der Waals surface area (Å²) in [6, 6.07) is 0. The predicted octanol–water partition coefficient (Wildman–Crippen LogP) is -3.41. The summed E-state index contributed by atoms with van der Waals surface area (Å²) in [4.78, 5) is 8.99. The molecule has 0 fully saturated rings. The standard InChI is InChI=1S/CH2O4S.3H2O/c2-1-6(3,4)5;;;/h1H,(H,3,4,5);3*1H2. The van der Waals surface area contributed by atoms with Crippen LogP contribution in [0.15, 0.2) is 0 Å². The van der Waals surface area contributed by atoms with E-state index >= 15 is 0 Å². The van der Waals surface area contributed by atoms with Gasteiger partial charge in [0.25, 0.3) is 5.62 Å². The molecule has 0 aliphatic rings. The lowest BCUT2D eigenvalue weighted by Gasteiger charge is -1.68. The molecule has 7 nitrogen and oxygen atoms in total. The minimum atomic E-state index is -4.34. The Morgan fingerprint density at radius 3 is 1.22 bits per heavy atom. The fourth-order valence-electron chi connectivity index (χ4n) is 0. The molecule has 0 bridgehead atoms. The highest BCUT2D eigenvalue weighted by molar-refractivity contribution is 7.99. The number of hydrogen-bond donors (Lipinski definition) is 1. The molecule has 0 aromatic rings. The number of carbonyl (C=O) groups excluding carboxylic acids is 1. The Hall–Kier alpha value is -0.540. The van der Waals surface area contributed by atoms with E-state index in [0.29, 0.717) is 0 Å². The molecule has 9 heavy (non-hydrogen) atoms. The molecule has 0 aliphatic carbocycles. The van der Waals surface area contributed by atoms with Crippen LogP contribution in [0.5, 0.6) is 0 Å². The van der Waals surface area contributed by atoms with Crippen LogP contribution in [0.4, 0.5) is 0 Å². The second kappa shape index (κ2) is 7.46. The Bertz CT molecular complexity index is 119. The van der Waals surface area contributed by atoms with Crippen LogP contribution in [0, 0.1) is 0 Å². The van der Waals surface area contributed by atoms with Gasteiger partial charge in [-0.25, -0.2) is 0 Å². The van der Waals surface area contributed by atoms with Crippen LogP contribution in [-0.4, -0.2) is 35.0 Å². The Labute approximate surface area is 51.0 Å². The Balaban J connectivity index is -0.0000000417. The van der Waals surface area contributed by atoms with Gasteiger partial charge in [0.2, 0.25) is 0 Å². The monoisotopic (exact) mass is 164 g/mol. The van der Waals surface area contributed by atoms with Crippen molar-refractivity contribution in [3.63, 3.8) is 0 Å². The molecular formula is CH8O7S. The third-order valence-corrected chi connectivity index (χ3v) is 0.365. The lowest BCUT2D eigenvalue weighted by atomic mass is 11.8. The van der Waals surface area contributed by atoms with E-state index in [1.165, 1.54) is 0 Å². The molecule has 0 saturated heterocycles. The SMILES string of the molecule is O.O.O.O=CS(=O)(=O)O. The zero-order valence-corrected chi connectivity index (χ0v) is 4.97. The second-order valence-corrected chi connectivity index (χ2v) is 1.83. The third kappa shape index (κ3) is 36.7. The van der Waals surface area contributed by atoms with E-state index in [1.54, 1.807) is 0 Å². The largest absolute Gasteiger partial charge is 0.412 e. The van der Waals surface area contributed by atoms with Crippen LogP contribution in [0.2, 0.25) is 0 Å². The highest BCUT2D eigenvalue weighted by Gasteiger charge is 1.94. The molecule has 0 radical (unpaired) electrons. The fraction of sp³-hybridized carbons (Fsp3) is 0. The zero-order valence-electron chi connectivity index (χ0n) is 4.16. The van der Waals surface area contributed by atoms with E-state index in [4.69, 9.17) is 9.35 Å². The predicted molar refractivity (Wildman–Crippen MR) is 29.1 cm³/mol. The topological polar surface area (TPSA) is 166 Å². The fourth-order valence-corrected chi connectivity index (χ4v) is 0. The second-order valence-electron chi connectivity index (χ2n) is 0.611. The molecule has 0 aliphatic heterocycles. The van der Waals surface area contributed by atoms with Crippen molar-refractivity contribution in [2.24, 2.45) is 0 Å². The summed E-state index contributed by atoms with van der Waals surface area (Å²) in [5.41, 5.74) is -0.535. The van der Waals surface area contributed by atoms with Gasteiger partial charge in [-0.05, 0) is 0 Å². The molecule has 0 saturated carbocycles. The molecule has 8 heteroatoms. The molecule has 7 N–H and O–H groups in total. The average molecular weight is 164 g/mol. The maximum Gasteiger partial charge on any atom is 0.325 e. The van der Waals surface area contributed by atoms with Crippen LogP contribution in [0.3, 0.4) is 0 Å². The summed E-state index contributed by atoms with van der Waals surface area (Å²) in [6.45, 7) is 0. The summed E-state index contributed by atoms with van der Waals surface area (Å²) in [5.74, 6) is 0. The van der Waals surface area contributed by atoms with Crippen LogP contribution in [0.1, 0.15) is 0 Å². The van der Waals surface area contributed by atoms with Crippen molar-refractivity contribution in [3.8, 4) is 0 Å². The molecular weight excluding hydrogens is 156 g/mol. The van der Waals surface area contributed by atoms with Gasteiger partial charge in [-0.2, -0.15) is 8.42 Å². The summed E-state index contributed by atoms with van der Waals surface area (Å²) in [7, 11) is -4.34. The first kappa shape index (κ1) is 23.7. The minimum Gasteiger partial charge on any atom is -0.412 e. The normalized spacial score (nSPS) is 7.22. The molecule has 0 heterocycles. The molecule has 0 aromatic heterocycles. The first-order valence-electron chi connectivity index (χ1n) is 0.987. The van der Waals surface area contributed by atoms with E-state index in [-0.39, 0.29) is 16.4 Å². The van der Waals surface area contributed by atoms with Gasteiger partial charge in [0.1, 0.15) is 0 Å². The summed E-state index contributed by atoms with van der Waals surface area (Å²) in [6.07, 6.45) is 0. The van der Waals surface area contributed by atoms with Gasteiger partial charge < -0.3 is 16.4 Å². The van der Waals surface area contributed by atoms with Gasteiger partial charge in [-0.15, -0.1) is 0 Å². The Kier molecular flexibility index (Phi) is 19.6. The van der Waals surface area contributed by atoms with Gasteiger partial charge in [-0.3, -0.25) is 9.35 Å². The van der Waals surface area contributed by atoms with Crippen LogP contribution < -0.4 is 0 Å². The van der Waals surface area contributed by atoms with Gasteiger partial charge in [0, 0.05) is 0 Å². The maximum atomic E-state index is 9.19. The number of rotatable bonds is 1. The zero-order chi connectivity index (χ0) is 5.21. The molecule has 0 aromatic carbocycles. The summed E-state index contributed by atoms with van der Waals surface area (Å²) in [5, 5.41) is 0. The Morgan fingerprint density at radius 1 is 1.11 bits per heavy atom. The third-order valence-electron chi connectivity index (χ3n) is 0.122. The van der Waals surface area contributed by atoms with Crippen molar-refractivity contribution in [2.45, 2.75) is 0 Å². The maximum absolute atomic E-state index is 9.19. The first-order valence-corrected chi connectivity index (χ1v) is 2.49. The molecule has 0 spiro atoms. The van der Waals surface area contributed by atoms with E-state index in [0.717, 1.165) is 0 Å². The van der Waals surface area contributed by atoms with Gasteiger partial charge in [-0.1, -0.05) is 0 Å². The molecule has 0 rings (SSSR count). The van der Waals surface area contributed by atoms with Gasteiger partial charge >= 0.3 is 10.1 Å². The van der Waals surface area contributed by atoms with E-state index in [9.17, 15) is 8.42 Å². The highest BCUT2D eigenvalue weighted by Crippen LogP contribution is 1.64. The summed E-state index contributed by atoms with van der Waals surface area (Å²) < 4.78 is 25.8. The Morgan fingerprint density at radius 2 is 1.22 bits per heavy atom. The van der Waals surface area contributed by atoms with Crippen molar-refractivity contribution < 1.29 is 34.2 Å². The highest BCUT2D eigenvalue weighted by atomic mass is 32.2. The van der Waals surface area contributed by atoms with Crippen molar-refractivity contribution in [3.05, 3.63) is 0 Å². The van der Waals surface area contributed by atoms with E-state index in [2.05, 4.69) is 0 Å². The van der Waals surface area contributed by atoms with Crippen LogP contribution in [0.25, 0.3) is 0 Å². The van der Waals surface area contributed by atoms with Crippen molar-refractivity contribution >= 4 is 15.7 Å². The average Bonchev–Trinajstić information content (AvgIpc) is 1.35. The molecule has 0 unspecified atom stereocenters. The quantitative estimate of drug-likeness (QED) is 0.315. The molecule has 0 amide bonds. The summed E-state index contributed by atoms with van der Waals surface area (Å²) >= 11 is 0. The van der Waals surface area contributed by atoms with E-state index < -0.39 is 15.7 Å².